The van der Waals surface area contributed by atoms with E-state index >= 15 is 0 Å². The fourth-order valence-electron chi connectivity index (χ4n) is 1.78. The number of hydrogen-bond acceptors (Lipinski definition) is 4. The molecule has 96 valence electrons. The zero-order valence-corrected chi connectivity index (χ0v) is 11.5. The first-order valence-corrected chi connectivity index (χ1v) is 7.23. The highest BCUT2D eigenvalue weighted by atomic mass is 32.1. The van der Waals surface area contributed by atoms with Gasteiger partial charge < -0.3 is 5.73 Å². The number of benzene rings is 1. The first-order valence-electron chi connectivity index (χ1n) is 6.41. The molecule has 0 fully saturated rings. The van der Waals surface area contributed by atoms with Gasteiger partial charge in [0, 0.05) is 6.42 Å². The van der Waals surface area contributed by atoms with Gasteiger partial charge in [-0.15, -0.1) is 10.2 Å². The quantitative estimate of drug-likeness (QED) is 0.869. The van der Waals surface area contributed by atoms with E-state index < -0.39 is 0 Å². The van der Waals surface area contributed by atoms with Crippen molar-refractivity contribution in [3.63, 3.8) is 0 Å². The van der Waals surface area contributed by atoms with Gasteiger partial charge in [-0.05, 0) is 24.8 Å². The number of nitrogens with two attached hydrogens (primary N) is 1. The molecule has 2 aromatic rings. The smallest absolute Gasteiger partial charge is 0.134 e. The van der Waals surface area contributed by atoms with E-state index in [1.165, 1.54) is 5.56 Å². The average Bonchev–Trinajstić information content (AvgIpc) is 2.88. The standard InChI is InChI=1S/C14H19N3S/c1-2-12(15)14-17-16-13(18-14)10-6-9-11-7-4-3-5-8-11/h3-5,7-8,12H,2,6,9-10,15H2,1H3. The number of hydrogen-bond donors (Lipinski definition) is 1. The minimum absolute atomic E-state index is 0.0466. The molecular formula is C14H19N3S. The predicted molar refractivity (Wildman–Crippen MR) is 75.6 cm³/mol. The summed E-state index contributed by atoms with van der Waals surface area (Å²) in [6.07, 6.45) is 4.11. The highest BCUT2D eigenvalue weighted by Crippen LogP contribution is 2.19. The van der Waals surface area contributed by atoms with Gasteiger partial charge in [-0.2, -0.15) is 0 Å². The van der Waals surface area contributed by atoms with E-state index in [4.69, 9.17) is 5.73 Å². The molecule has 2 rings (SSSR count). The molecule has 0 saturated heterocycles. The lowest BCUT2D eigenvalue weighted by molar-refractivity contribution is 0.680. The molecule has 0 radical (unpaired) electrons. The Balaban J connectivity index is 1.82. The van der Waals surface area contributed by atoms with Crippen LogP contribution in [-0.2, 0) is 12.8 Å². The van der Waals surface area contributed by atoms with Gasteiger partial charge in [0.15, 0.2) is 0 Å². The van der Waals surface area contributed by atoms with Gasteiger partial charge in [-0.1, -0.05) is 48.6 Å². The number of nitrogens with zero attached hydrogens (tertiary/aromatic N) is 2. The zero-order valence-electron chi connectivity index (χ0n) is 10.7. The molecule has 1 unspecified atom stereocenters. The highest BCUT2D eigenvalue weighted by molar-refractivity contribution is 7.11. The van der Waals surface area contributed by atoms with Crippen LogP contribution in [0.4, 0.5) is 0 Å². The van der Waals surface area contributed by atoms with Gasteiger partial charge in [-0.25, -0.2) is 0 Å². The monoisotopic (exact) mass is 261 g/mol. The van der Waals surface area contributed by atoms with Gasteiger partial charge in [-0.3, -0.25) is 0 Å². The second-order valence-electron chi connectivity index (χ2n) is 4.39. The van der Waals surface area contributed by atoms with E-state index in [1.807, 2.05) is 6.07 Å². The van der Waals surface area contributed by atoms with Crippen LogP contribution in [0.5, 0.6) is 0 Å². The van der Waals surface area contributed by atoms with Crippen molar-refractivity contribution in [2.75, 3.05) is 0 Å². The van der Waals surface area contributed by atoms with Crippen molar-refractivity contribution in [2.45, 2.75) is 38.6 Å². The van der Waals surface area contributed by atoms with Crippen LogP contribution in [0, 0.1) is 0 Å². The summed E-state index contributed by atoms with van der Waals surface area (Å²) in [4.78, 5) is 0. The second kappa shape index (κ2) is 6.61. The molecule has 0 amide bonds. The molecule has 1 heterocycles. The van der Waals surface area contributed by atoms with E-state index in [0.29, 0.717) is 0 Å². The van der Waals surface area contributed by atoms with Gasteiger partial charge in [0.1, 0.15) is 10.0 Å². The van der Waals surface area contributed by atoms with Crippen LogP contribution in [0.3, 0.4) is 0 Å². The molecule has 0 saturated carbocycles. The molecule has 1 aromatic heterocycles. The van der Waals surface area contributed by atoms with Crippen LogP contribution in [0.2, 0.25) is 0 Å². The van der Waals surface area contributed by atoms with E-state index in [9.17, 15) is 0 Å². The molecule has 0 aliphatic rings. The molecular weight excluding hydrogens is 242 g/mol. The fourth-order valence-corrected chi connectivity index (χ4v) is 2.75. The number of aromatic nitrogens is 2. The molecule has 1 atom stereocenters. The number of rotatable bonds is 6. The molecule has 18 heavy (non-hydrogen) atoms. The molecule has 4 heteroatoms. The van der Waals surface area contributed by atoms with Crippen LogP contribution >= 0.6 is 11.3 Å². The Bertz CT molecular complexity index is 467. The molecule has 1 aromatic carbocycles. The Morgan fingerprint density at radius 1 is 1.17 bits per heavy atom. The van der Waals surface area contributed by atoms with Crippen LogP contribution in [0.15, 0.2) is 30.3 Å². The zero-order chi connectivity index (χ0) is 12.8. The topological polar surface area (TPSA) is 51.8 Å². The van der Waals surface area contributed by atoms with E-state index in [-0.39, 0.29) is 6.04 Å². The summed E-state index contributed by atoms with van der Waals surface area (Å²) in [6.45, 7) is 2.07. The highest BCUT2D eigenvalue weighted by Gasteiger charge is 2.10. The second-order valence-corrected chi connectivity index (χ2v) is 5.48. The molecule has 0 bridgehead atoms. The van der Waals surface area contributed by atoms with Gasteiger partial charge in [0.05, 0.1) is 6.04 Å². The van der Waals surface area contributed by atoms with E-state index in [1.54, 1.807) is 11.3 Å². The normalized spacial score (nSPS) is 12.6. The van der Waals surface area contributed by atoms with Gasteiger partial charge in [0.25, 0.3) is 0 Å². The Hall–Kier alpha value is -1.26. The lowest BCUT2D eigenvalue weighted by atomic mass is 10.1. The van der Waals surface area contributed by atoms with Crippen LogP contribution < -0.4 is 5.73 Å². The van der Waals surface area contributed by atoms with Crippen molar-refractivity contribution in [1.82, 2.24) is 10.2 Å². The average molecular weight is 261 g/mol. The Morgan fingerprint density at radius 3 is 2.67 bits per heavy atom. The summed E-state index contributed by atoms with van der Waals surface area (Å²) in [7, 11) is 0. The van der Waals surface area contributed by atoms with Crippen molar-refractivity contribution in [3.8, 4) is 0 Å². The molecule has 0 aliphatic carbocycles. The summed E-state index contributed by atoms with van der Waals surface area (Å²) >= 11 is 1.65. The minimum Gasteiger partial charge on any atom is -0.322 e. The van der Waals surface area contributed by atoms with Crippen molar-refractivity contribution >= 4 is 11.3 Å². The Morgan fingerprint density at radius 2 is 1.94 bits per heavy atom. The Labute approximate surface area is 112 Å². The van der Waals surface area contributed by atoms with Crippen molar-refractivity contribution in [1.29, 1.82) is 0 Å². The summed E-state index contributed by atoms with van der Waals surface area (Å²) < 4.78 is 0. The molecule has 2 N–H and O–H groups in total. The lowest BCUT2D eigenvalue weighted by Crippen LogP contribution is -2.07. The van der Waals surface area contributed by atoms with Crippen LogP contribution in [0.1, 0.15) is 41.4 Å². The van der Waals surface area contributed by atoms with Crippen LogP contribution in [-0.4, -0.2) is 10.2 Å². The maximum atomic E-state index is 5.94. The maximum absolute atomic E-state index is 5.94. The Kier molecular flexibility index (Phi) is 4.84. The molecule has 3 nitrogen and oxygen atoms in total. The van der Waals surface area contributed by atoms with Crippen molar-refractivity contribution in [2.24, 2.45) is 5.73 Å². The van der Waals surface area contributed by atoms with E-state index in [0.717, 1.165) is 35.7 Å². The third-order valence-corrected chi connectivity index (χ3v) is 4.05. The minimum atomic E-state index is 0.0466. The number of aryl methyl sites for hydroxylation is 2. The summed E-state index contributed by atoms with van der Waals surface area (Å²) in [5, 5.41) is 10.4. The fraction of sp³-hybridized carbons (Fsp3) is 0.429. The molecule has 0 spiro atoms. The summed E-state index contributed by atoms with van der Waals surface area (Å²) in [6, 6.07) is 10.6. The summed E-state index contributed by atoms with van der Waals surface area (Å²) in [5.41, 5.74) is 7.32. The van der Waals surface area contributed by atoms with Crippen molar-refractivity contribution < 1.29 is 0 Å². The predicted octanol–water partition coefficient (Wildman–Crippen LogP) is 3.12. The summed E-state index contributed by atoms with van der Waals surface area (Å²) in [5.74, 6) is 0. The first kappa shape index (κ1) is 13.2. The maximum Gasteiger partial charge on any atom is 0.134 e. The van der Waals surface area contributed by atoms with Crippen molar-refractivity contribution in [3.05, 3.63) is 45.9 Å². The third kappa shape index (κ3) is 3.62. The largest absolute Gasteiger partial charge is 0.322 e. The third-order valence-electron chi connectivity index (χ3n) is 2.94. The first-order chi connectivity index (χ1) is 8.79. The van der Waals surface area contributed by atoms with Gasteiger partial charge >= 0.3 is 0 Å². The molecule has 0 aliphatic heterocycles. The SMILES string of the molecule is CCC(N)c1nnc(CCCc2ccccc2)s1. The van der Waals surface area contributed by atoms with Gasteiger partial charge in [0.2, 0.25) is 0 Å². The lowest BCUT2D eigenvalue weighted by Gasteiger charge is -2.01. The van der Waals surface area contributed by atoms with E-state index in [2.05, 4.69) is 41.4 Å². The van der Waals surface area contributed by atoms with Crippen LogP contribution in [0.25, 0.3) is 0 Å².